The lowest BCUT2D eigenvalue weighted by Gasteiger charge is -2.24. The molecule has 0 N–H and O–H groups in total. The van der Waals surface area contributed by atoms with Gasteiger partial charge in [0.05, 0.1) is 0 Å². The lowest BCUT2D eigenvalue weighted by Crippen LogP contribution is -2.33. The molecule has 1 aromatic heterocycles. The molecule has 1 aliphatic rings. The summed E-state index contributed by atoms with van der Waals surface area (Å²) in [5, 5.41) is 0.656. The van der Waals surface area contributed by atoms with Crippen molar-refractivity contribution >= 4 is 44.6 Å². The number of thioether (sulfide) groups is 1. The summed E-state index contributed by atoms with van der Waals surface area (Å²) in [5.74, 6) is 0.559. The van der Waals surface area contributed by atoms with E-state index in [9.17, 15) is 9.59 Å². The number of hydrogen-bond donors (Lipinski definition) is 0. The summed E-state index contributed by atoms with van der Waals surface area (Å²) in [6.45, 7) is 0.608. The molecule has 25 heavy (non-hydrogen) atoms. The predicted octanol–water partition coefficient (Wildman–Crippen LogP) is 4.44. The highest BCUT2D eigenvalue weighted by molar-refractivity contribution is 9.10. The van der Waals surface area contributed by atoms with Gasteiger partial charge in [-0.05, 0) is 29.8 Å². The van der Waals surface area contributed by atoms with Gasteiger partial charge in [0.25, 0.3) is 5.91 Å². The first-order valence-corrected chi connectivity index (χ1v) is 9.68. The van der Waals surface area contributed by atoms with Gasteiger partial charge in [-0.2, -0.15) is 0 Å². The average molecular weight is 416 g/mol. The molecule has 0 saturated carbocycles. The van der Waals surface area contributed by atoms with E-state index in [1.54, 1.807) is 34.9 Å². The molecule has 4 rings (SSSR count). The Hall–Kier alpha value is -2.05. The minimum Gasteiger partial charge on any atom is -0.422 e. The number of carbonyl (C=O) groups excluding carboxylic acids is 1. The number of benzene rings is 2. The van der Waals surface area contributed by atoms with Crippen LogP contribution in [0.15, 0.2) is 68.3 Å². The molecule has 0 radical (unpaired) electrons. The highest BCUT2D eigenvalue weighted by Gasteiger charge is 2.32. The number of carbonyl (C=O) groups is 1. The van der Waals surface area contributed by atoms with Gasteiger partial charge in [0, 0.05) is 22.2 Å². The molecule has 126 valence electrons. The van der Waals surface area contributed by atoms with E-state index in [2.05, 4.69) is 15.9 Å². The van der Waals surface area contributed by atoms with Crippen LogP contribution in [0.2, 0.25) is 0 Å². The summed E-state index contributed by atoms with van der Waals surface area (Å²) >= 11 is 5.13. The fourth-order valence-electron chi connectivity index (χ4n) is 2.95. The second-order valence-corrected chi connectivity index (χ2v) is 7.86. The highest BCUT2D eigenvalue weighted by atomic mass is 79.9. The Morgan fingerprint density at radius 2 is 1.92 bits per heavy atom. The maximum Gasteiger partial charge on any atom is 0.349 e. The maximum atomic E-state index is 13.0. The molecule has 1 fully saturated rings. The molecule has 4 nitrogen and oxygen atoms in total. The third-order valence-electron chi connectivity index (χ3n) is 4.18. The van der Waals surface area contributed by atoms with Gasteiger partial charge in [0.2, 0.25) is 0 Å². The zero-order chi connectivity index (χ0) is 17.4. The number of halogens is 1. The van der Waals surface area contributed by atoms with Crippen molar-refractivity contribution in [2.75, 3.05) is 12.3 Å². The molecule has 0 spiro atoms. The Balaban J connectivity index is 1.71. The monoisotopic (exact) mass is 415 g/mol. The molecule has 2 aromatic carbocycles. The van der Waals surface area contributed by atoms with E-state index in [0.717, 1.165) is 21.2 Å². The number of fused-ring (bicyclic) bond motifs is 1. The van der Waals surface area contributed by atoms with Crippen molar-refractivity contribution in [1.82, 2.24) is 4.90 Å². The van der Waals surface area contributed by atoms with Crippen molar-refractivity contribution in [2.24, 2.45) is 0 Å². The van der Waals surface area contributed by atoms with Crippen LogP contribution in [-0.4, -0.2) is 23.1 Å². The van der Waals surface area contributed by atoms with E-state index >= 15 is 0 Å². The molecule has 3 aromatic rings. The first-order chi connectivity index (χ1) is 12.1. The molecule has 1 saturated heterocycles. The SMILES string of the molecule is O=C(c1cc2ccccc2oc1=O)N1CCS[C@@H]1c1ccc(Br)cc1. The van der Waals surface area contributed by atoms with Crippen molar-refractivity contribution in [3.05, 3.63) is 80.6 Å². The Bertz CT molecular complexity index is 999. The van der Waals surface area contributed by atoms with Crippen LogP contribution < -0.4 is 5.63 Å². The van der Waals surface area contributed by atoms with Gasteiger partial charge in [-0.25, -0.2) is 4.79 Å². The fourth-order valence-corrected chi connectivity index (χ4v) is 4.47. The molecule has 1 atom stereocenters. The fraction of sp³-hybridized carbons (Fsp3) is 0.158. The minimum absolute atomic E-state index is 0.0864. The Kier molecular flexibility index (Phi) is 4.39. The molecular formula is C19H14BrNO3S. The van der Waals surface area contributed by atoms with Crippen LogP contribution in [0.4, 0.5) is 0 Å². The summed E-state index contributed by atoms with van der Waals surface area (Å²) in [4.78, 5) is 27.0. The quantitative estimate of drug-likeness (QED) is 0.580. The average Bonchev–Trinajstić information content (AvgIpc) is 3.11. The molecule has 0 aliphatic carbocycles. The number of para-hydroxylation sites is 1. The van der Waals surface area contributed by atoms with Crippen LogP contribution in [0.1, 0.15) is 21.3 Å². The van der Waals surface area contributed by atoms with Gasteiger partial charge in [-0.15, -0.1) is 11.8 Å². The van der Waals surface area contributed by atoms with Crippen molar-refractivity contribution in [1.29, 1.82) is 0 Å². The molecule has 0 bridgehead atoms. The summed E-state index contributed by atoms with van der Waals surface area (Å²) in [7, 11) is 0. The minimum atomic E-state index is -0.588. The number of rotatable bonds is 2. The molecule has 6 heteroatoms. The summed E-state index contributed by atoms with van der Waals surface area (Å²) < 4.78 is 6.31. The Morgan fingerprint density at radius 1 is 1.16 bits per heavy atom. The summed E-state index contributed by atoms with van der Waals surface area (Å²) in [6, 6.07) is 16.8. The van der Waals surface area contributed by atoms with Crippen LogP contribution in [0.3, 0.4) is 0 Å². The van der Waals surface area contributed by atoms with E-state index < -0.39 is 5.63 Å². The Morgan fingerprint density at radius 3 is 2.72 bits per heavy atom. The van der Waals surface area contributed by atoms with Crippen LogP contribution in [-0.2, 0) is 0 Å². The third-order valence-corrected chi connectivity index (χ3v) is 5.97. The largest absolute Gasteiger partial charge is 0.422 e. The standard InChI is InChI=1S/C19H14BrNO3S/c20-14-7-5-12(6-8-14)18-21(9-10-25-18)17(22)15-11-13-3-1-2-4-16(13)24-19(15)23/h1-8,11,18H,9-10H2/t18-/m1/s1. The van der Waals surface area contributed by atoms with Gasteiger partial charge in [0.15, 0.2) is 0 Å². The van der Waals surface area contributed by atoms with Crippen molar-refractivity contribution in [3.8, 4) is 0 Å². The van der Waals surface area contributed by atoms with Gasteiger partial charge in [-0.1, -0.05) is 46.3 Å². The second kappa shape index (κ2) is 6.69. The lowest BCUT2D eigenvalue weighted by molar-refractivity contribution is 0.0756. The zero-order valence-electron chi connectivity index (χ0n) is 13.1. The van der Waals surface area contributed by atoms with Gasteiger partial charge < -0.3 is 9.32 Å². The van der Waals surface area contributed by atoms with Crippen molar-refractivity contribution in [3.63, 3.8) is 0 Å². The van der Waals surface area contributed by atoms with Gasteiger partial charge in [0.1, 0.15) is 16.5 Å². The molecule has 0 unspecified atom stereocenters. The number of hydrogen-bond acceptors (Lipinski definition) is 4. The van der Waals surface area contributed by atoms with Crippen LogP contribution in [0, 0.1) is 0 Å². The first kappa shape index (κ1) is 16.4. The van der Waals surface area contributed by atoms with E-state index in [0.29, 0.717) is 12.1 Å². The smallest absolute Gasteiger partial charge is 0.349 e. The van der Waals surface area contributed by atoms with E-state index in [-0.39, 0.29) is 16.8 Å². The number of amides is 1. The van der Waals surface area contributed by atoms with Crippen molar-refractivity contribution < 1.29 is 9.21 Å². The first-order valence-electron chi connectivity index (χ1n) is 7.84. The van der Waals surface area contributed by atoms with Crippen LogP contribution in [0.25, 0.3) is 11.0 Å². The van der Waals surface area contributed by atoms with E-state index in [1.807, 2.05) is 36.4 Å². The zero-order valence-corrected chi connectivity index (χ0v) is 15.5. The van der Waals surface area contributed by atoms with E-state index in [4.69, 9.17) is 4.42 Å². The number of nitrogens with zero attached hydrogens (tertiary/aromatic N) is 1. The van der Waals surface area contributed by atoms with Crippen LogP contribution >= 0.6 is 27.7 Å². The van der Waals surface area contributed by atoms with Gasteiger partial charge in [-0.3, -0.25) is 4.79 Å². The van der Waals surface area contributed by atoms with Crippen molar-refractivity contribution in [2.45, 2.75) is 5.37 Å². The summed E-state index contributed by atoms with van der Waals surface area (Å²) in [5.41, 5.74) is 1.03. The normalized spacial score (nSPS) is 17.2. The Labute approximate surface area is 157 Å². The second-order valence-electron chi connectivity index (χ2n) is 5.76. The highest BCUT2D eigenvalue weighted by Crippen LogP contribution is 2.38. The van der Waals surface area contributed by atoms with Crippen LogP contribution in [0.5, 0.6) is 0 Å². The van der Waals surface area contributed by atoms with Gasteiger partial charge >= 0.3 is 5.63 Å². The summed E-state index contributed by atoms with van der Waals surface area (Å²) in [6.07, 6.45) is 0. The molecule has 2 heterocycles. The third kappa shape index (κ3) is 3.12. The maximum absolute atomic E-state index is 13.0. The molecule has 1 amide bonds. The lowest BCUT2D eigenvalue weighted by atomic mass is 10.1. The topological polar surface area (TPSA) is 50.5 Å². The molecular weight excluding hydrogens is 402 g/mol. The molecule has 1 aliphatic heterocycles. The van der Waals surface area contributed by atoms with E-state index in [1.165, 1.54) is 0 Å². The predicted molar refractivity (Wildman–Crippen MR) is 103 cm³/mol.